The van der Waals surface area contributed by atoms with Crippen LogP contribution < -0.4 is 10.6 Å². The van der Waals surface area contributed by atoms with Gasteiger partial charge in [-0.15, -0.1) is 0 Å². The third kappa shape index (κ3) is 16.2. The van der Waals surface area contributed by atoms with Crippen molar-refractivity contribution in [2.24, 2.45) is 0 Å². The number of aliphatic hydroxyl groups is 23. The van der Waals surface area contributed by atoms with Crippen LogP contribution in [0.25, 0.3) is 0 Å². The second kappa shape index (κ2) is 33.3. The maximum absolute atomic E-state index is 12.9. The minimum Gasteiger partial charge on any atom is -0.394 e. The molecule has 8 aliphatic heterocycles. The Bertz CT molecular complexity index is 2370. The predicted octanol–water partition coefficient (Wildman–Crippen LogP) is -17.1. The lowest BCUT2D eigenvalue weighted by Gasteiger charge is -2.51. The predicted molar refractivity (Wildman–Crippen MR) is 286 cm³/mol. The van der Waals surface area contributed by atoms with Crippen LogP contribution in [-0.4, -0.2) is 421 Å². The van der Waals surface area contributed by atoms with Crippen molar-refractivity contribution in [3.05, 3.63) is 0 Å². The molecule has 40 atom stereocenters. The van der Waals surface area contributed by atoms with E-state index in [9.17, 15) is 127 Å². The molecule has 0 radical (unpaired) electrons. The van der Waals surface area contributed by atoms with Gasteiger partial charge in [-0.2, -0.15) is 0 Å². The highest BCUT2D eigenvalue weighted by molar-refractivity contribution is 5.73. The second-order valence-corrected chi connectivity index (χ2v) is 23.8. The molecule has 42 nitrogen and oxygen atoms in total. The molecule has 546 valence electrons. The Morgan fingerprint density at radius 2 is 0.574 bits per heavy atom. The lowest BCUT2D eigenvalue weighted by Crippen LogP contribution is -2.71. The molecule has 0 spiro atoms. The quantitative estimate of drug-likeness (QED) is 0.0452. The smallest absolute Gasteiger partial charge is 0.217 e. The summed E-state index contributed by atoms with van der Waals surface area (Å²) >= 11 is 0. The molecule has 0 saturated carbocycles. The Balaban J connectivity index is 1.01. The van der Waals surface area contributed by atoms with E-state index in [1.54, 1.807) is 0 Å². The zero-order chi connectivity index (χ0) is 69.2. The second-order valence-electron chi connectivity index (χ2n) is 23.8. The summed E-state index contributed by atoms with van der Waals surface area (Å²) in [7, 11) is 0. The van der Waals surface area contributed by atoms with Crippen LogP contribution in [-0.2, 0) is 80.6 Å². The van der Waals surface area contributed by atoms with Crippen molar-refractivity contribution >= 4 is 11.8 Å². The standard InChI is InChI=1S/C52H88N2O40/c1-11-23(64)29(70)33(74)48(80-11)94-44-35(76)41(90-49-34(75)30(71)24(65)14(4-55)82-49)20(10-61)87-52(44)91-39-19(9-60)86-47(22(28(39)69)54-13(3)63)92-42-25(66)15(5-56)83-50(36(42)77)88-38-18(8-59)85-46(21(27(38)68)53-12(2)62)93-43-26(67)16(6-57)84-51(37(43)78)89-40-17(7-58)81-45(79)32(73)31(40)72/h11,14-52,55-61,64-79H,4-10H2,1-3H3,(H,53,62)(H,54,63)/t11-,14+,15+,16+,17+,18+,19+,20+,21+,22+,23+,24-,25-,26-,27+,28+,29+,30-,31+,32+,33-,34+,35-,36+,37+,38+,39+,40+,41-,42-,43-,44+,45+,46-,47-,48-,49+,50-,51-,52-/m0/s1. The first-order valence-corrected chi connectivity index (χ1v) is 30.0. The molecule has 8 aliphatic rings. The summed E-state index contributed by atoms with van der Waals surface area (Å²) < 4.78 is 86.8. The molecule has 25 N–H and O–H groups in total. The summed E-state index contributed by atoms with van der Waals surface area (Å²) in [6.45, 7) is -4.16. The van der Waals surface area contributed by atoms with Gasteiger partial charge < -0.3 is 199 Å². The molecule has 0 aromatic heterocycles. The minimum atomic E-state index is -2.33. The van der Waals surface area contributed by atoms with Gasteiger partial charge >= 0.3 is 0 Å². The van der Waals surface area contributed by atoms with Gasteiger partial charge in [-0.3, -0.25) is 9.59 Å². The van der Waals surface area contributed by atoms with Crippen molar-refractivity contribution in [3.8, 4) is 0 Å². The summed E-state index contributed by atoms with van der Waals surface area (Å²) in [4.78, 5) is 25.7. The number of nitrogens with one attached hydrogen (secondary N) is 2. The molecule has 42 heteroatoms. The lowest BCUT2D eigenvalue weighted by atomic mass is 9.93. The number of ether oxygens (including phenoxy) is 15. The first kappa shape index (κ1) is 77.2. The van der Waals surface area contributed by atoms with Gasteiger partial charge in [0.05, 0.1) is 52.4 Å². The van der Waals surface area contributed by atoms with Crippen molar-refractivity contribution < 1.29 is 198 Å². The van der Waals surface area contributed by atoms with Gasteiger partial charge in [0.1, 0.15) is 189 Å². The highest BCUT2D eigenvalue weighted by Gasteiger charge is 2.60. The number of hydrogen-bond donors (Lipinski definition) is 25. The van der Waals surface area contributed by atoms with E-state index in [0.717, 1.165) is 13.8 Å². The van der Waals surface area contributed by atoms with Crippen LogP contribution in [0.1, 0.15) is 20.8 Å². The van der Waals surface area contributed by atoms with Gasteiger partial charge in [-0.25, -0.2) is 0 Å². The number of aliphatic hydroxyl groups excluding tert-OH is 23. The Hall–Kier alpha value is -2.58. The van der Waals surface area contributed by atoms with E-state index < -0.39 is 304 Å². The van der Waals surface area contributed by atoms with Gasteiger partial charge in [-0.1, -0.05) is 0 Å². The first-order chi connectivity index (χ1) is 44.5. The molecule has 8 heterocycles. The highest BCUT2D eigenvalue weighted by atomic mass is 16.8. The van der Waals surface area contributed by atoms with Crippen LogP contribution in [0, 0.1) is 0 Å². The fraction of sp³-hybridized carbons (Fsp3) is 0.962. The zero-order valence-corrected chi connectivity index (χ0v) is 50.3. The van der Waals surface area contributed by atoms with Crippen LogP contribution >= 0.6 is 0 Å². The topological polar surface area (TPSA) is 662 Å². The SMILES string of the molecule is CC(=O)N[C@H]1[C@H](O[C@H]2[C@@H](O)[C@@H](CO)O[C@@H](O[C@H]3[C@H](O)[C@@H](O)[C@H](O)O[C@@H]3CO)[C@@H]2O)O[C@H](CO)[C@@H](O[C@@H]2O[C@H](CO)[C@H](O)[C@H](O[C@@H]3O[C@H](CO)[C@@H](O[C@@H]4O[C@H](CO)[C@H](O[C@H]5O[C@H](CO)[C@H](O)[C@H](O)[C@H]5O)[C@H](O)[C@H]4O[C@@H]4O[C@@H](C)[C@@H](O)[C@@H](O)[C@@H]4O)[C@H](O)[C@H]3NC(C)=O)[C@H]2O)[C@@H]1O. The normalized spacial score (nSPS) is 51.2. The maximum atomic E-state index is 12.9. The Kier molecular flexibility index (Phi) is 27.3. The molecule has 0 bridgehead atoms. The van der Waals surface area contributed by atoms with Crippen LogP contribution in [0.15, 0.2) is 0 Å². The van der Waals surface area contributed by atoms with E-state index in [1.807, 2.05) is 0 Å². The Morgan fingerprint density at radius 3 is 0.979 bits per heavy atom. The number of carbonyl (C=O) groups is 2. The molecule has 8 saturated heterocycles. The van der Waals surface area contributed by atoms with Gasteiger partial charge in [0.15, 0.2) is 50.3 Å². The van der Waals surface area contributed by atoms with Crippen molar-refractivity contribution in [1.82, 2.24) is 10.6 Å². The van der Waals surface area contributed by atoms with E-state index in [2.05, 4.69) is 10.6 Å². The van der Waals surface area contributed by atoms with Crippen LogP contribution in [0.4, 0.5) is 0 Å². The average Bonchev–Trinajstić information content (AvgIpc) is 0.770. The van der Waals surface area contributed by atoms with Gasteiger partial charge in [0.2, 0.25) is 11.8 Å². The van der Waals surface area contributed by atoms with E-state index in [4.69, 9.17) is 71.1 Å². The van der Waals surface area contributed by atoms with Gasteiger partial charge in [0.25, 0.3) is 0 Å². The molecular weight excluding hydrogens is 1290 g/mol. The molecular formula is C52H88N2O40. The number of carbonyl (C=O) groups excluding carboxylic acids is 2. The molecule has 8 rings (SSSR count). The van der Waals surface area contributed by atoms with Crippen molar-refractivity contribution in [3.63, 3.8) is 0 Å². The molecule has 2 amide bonds. The summed E-state index contributed by atoms with van der Waals surface area (Å²) in [5.41, 5.74) is 0. The van der Waals surface area contributed by atoms with Crippen molar-refractivity contribution in [1.29, 1.82) is 0 Å². The minimum absolute atomic E-state index is 0.902. The first-order valence-electron chi connectivity index (χ1n) is 30.0. The Labute approximate surface area is 532 Å². The van der Waals surface area contributed by atoms with Gasteiger partial charge in [-0.05, 0) is 6.92 Å². The molecule has 8 fully saturated rings. The molecule has 0 aromatic rings. The van der Waals surface area contributed by atoms with Crippen LogP contribution in [0.3, 0.4) is 0 Å². The summed E-state index contributed by atoms with van der Waals surface area (Å²) in [5.74, 6) is -1.84. The lowest BCUT2D eigenvalue weighted by molar-refractivity contribution is -0.402. The maximum Gasteiger partial charge on any atom is 0.217 e. The fourth-order valence-electron chi connectivity index (χ4n) is 12.2. The van der Waals surface area contributed by atoms with Crippen LogP contribution in [0.5, 0.6) is 0 Å². The van der Waals surface area contributed by atoms with Crippen LogP contribution in [0.2, 0.25) is 0 Å². The number of hydrogen-bond acceptors (Lipinski definition) is 40. The largest absolute Gasteiger partial charge is 0.394 e. The van der Waals surface area contributed by atoms with E-state index in [1.165, 1.54) is 6.92 Å². The van der Waals surface area contributed by atoms with Crippen molar-refractivity contribution in [2.75, 3.05) is 46.2 Å². The fourth-order valence-corrected chi connectivity index (χ4v) is 12.2. The monoisotopic (exact) mass is 1380 g/mol. The summed E-state index contributed by atoms with van der Waals surface area (Å²) in [6, 6.07) is -3.79. The Morgan fingerprint density at radius 1 is 0.277 bits per heavy atom. The number of rotatable bonds is 23. The molecule has 0 aromatic carbocycles. The third-order valence-corrected chi connectivity index (χ3v) is 17.4. The highest BCUT2D eigenvalue weighted by Crippen LogP contribution is 2.39. The number of amides is 2. The third-order valence-electron chi connectivity index (χ3n) is 17.4. The summed E-state index contributed by atoms with van der Waals surface area (Å²) in [5, 5.41) is 255. The van der Waals surface area contributed by atoms with Gasteiger partial charge in [0, 0.05) is 13.8 Å². The van der Waals surface area contributed by atoms with E-state index in [0.29, 0.717) is 0 Å². The van der Waals surface area contributed by atoms with E-state index >= 15 is 0 Å². The zero-order valence-electron chi connectivity index (χ0n) is 50.3. The molecule has 0 aliphatic carbocycles. The van der Waals surface area contributed by atoms with E-state index in [-0.39, 0.29) is 0 Å². The van der Waals surface area contributed by atoms with Crippen molar-refractivity contribution in [2.45, 2.75) is 266 Å². The summed E-state index contributed by atoms with van der Waals surface area (Å²) in [6.07, 6.45) is -74.8. The molecule has 94 heavy (non-hydrogen) atoms. The average molecular weight is 1380 g/mol. The molecule has 0 unspecified atom stereocenters.